The van der Waals surface area contributed by atoms with E-state index in [9.17, 15) is 9.59 Å². The van der Waals surface area contributed by atoms with Gasteiger partial charge in [-0.2, -0.15) is 5.10 Å². The van der Waals surface area contributed by atoms with Crippen LogP contribution in [0.3, 0.4) is 0 Å². The molecule has 1 aromatic carbocycles. The number of hydrogen-bond donors (Lipinski definition) is 2. The summed E-state index contributed by atoms with van der Waals surface area (Å²) in [7, 11) is 1.77. The minimum absolute atomic E-state index is 0.0377. The van der Waals surface area contributed by atoms with Crippen LogP contribution in [-0.4, -0.2) is 27.6 Å². The molecule has 0 aliphatic rings. The van der Waals surface area contributed by atoms with Crippen LogP contribution >= 0.6 is 0 Å². The van der Waals surface area contributed by atoms with Crippen LogP contribution in [0.25, 0.3) is 0 Å². The number of carbonyl (C=O) groups excluding carboxylic acids is 2. The highest BCUT2D eigenvalue weighted by molar-refractivity contribution is 6.01. The lowest BCUT2D eigenvalue weighted by Crippen LogP contribution is -2.47. The van der Waals surface area contributed by atoms with Gasteiger partial charge >= 0.3 is 0 Å². The van der Waals surface area contributed by atoms with Gasteiger partial charge in [0.15, 0.2) is 0 Å². The molecule has 1 atom stereocenters. The molecule has 6 nitrogen and oxygen atoms in total. The van der Waals surface area contributed by atoms with Gasteiger partial charge in [0.25, 0.3) is 5.91 Å². The van der Waals surface area contributed by atoms with Gasteiger partial charge in [0, 0.05) is 18.8 Å². The summed E-state index contributed by atoms with van der Waals surface area (Å²) in [5, 5.41) is 9.54. The maximum Gasteiger partial charge on any atom is 0.251 e. The Bertz CT molecular complexity index is 649. The van der Waals surface area contributed by atoms with Crippen LogP contribution in [0, 0.1) is 5.92 Å². The van der Waals surface area contributed by atoms with E-state index in [1.54, 1.807) is 48.4 Å². The second-order valence-corrected chi connectivity index (χ2v) is 5.45. The van der Waals surface area contributed by atoms with E-state index in [4.69, 9.17) is 0 Å². The van der Waals surface area contributed by atoms with Gasteiger partial charge in [0.2, 0.25) is 5.91 Å². The average molecular weight is 300 g/mol. The Morgan fingerprint density at radius 3 is 2.41 bits per heavy atom. The molecule has 1 aromatic heterocycles. The standard InChI is InChI=1S/C16H20N4O2/c1-11(2)14(16(22)18-13-9-17-20(3)10-13)19-15(21)12-7-5-4-6-8-12/h4-11,14H,1-3H3,(H,18,22)(H,19,21)/t14-/m1/s1. The number of amides is 2. The average Bonchev–Trinajstić information content (AvgIpc) is 2.90. The molecule has 2 rings (SSSR count). The number of aromatic nitrogens is 2. The van der Waals surface area contributed by atoms with Crippen LogP contribution in [0.15, 0.2) is 42.7 Å². The second kappa shape index (κ2) is 6.89. The minimum atomic E-state index is -0.618. The molecule has 0 bridgehead atoms. The molecule has 0 aliphatic carbocycles. The molecule has 2 aromatic rings. The lowest BCUT2D eigenvalue weighted by atomic mass is 10.0. The molecule has 0 fully saturated rings. The van der Waals surface area contributed by atoms with E-state index in [-0.39, 0.29) is 17.7 Å². The van der Waals surface area contributed by atoms with Crippen LogP contribution in [0.2, 0.25) is 0 Å². The Balaban J connectivity index is 2.06. The molecule has 0 unspecified atom stereocenters. The van der Waals surface area contributed by atoms with Crippen LogP contribution in [0.4, 0.5) is 5.69 Å². The fourth-order valence-corrected chi connectivity index (χ4v) is 2.05. The zero-order chi connectivity index (χ0) is 16.1. The molecule has 116 valence electrons. The third kappa shape index (κ3) is 3.94. The maximum absolute atomic E-state index is 12.4. The number of rotatable bonds is 5. The van der Waals surface area contributed by atoms with Crippen molar-refractivity contribution in [3.63, 3.8) is 0 Å². The van der Waals surface area contributed by atoms with Crippen molar-refractivity contribution in [1.29, 1.82) is 0 Å². The number of nitrogens with zero attached hydrogens (tertiary/aromatic N) is 2. The fourth-order valence-electron chi connectivity index (χ4n) is 2.05. The lowest BCUT2D eigenvalue weighted by Gasteiger charge is -2.21. The van der Waals surface area contributed by atoms with Crippen LogP contribution in [0.1, 0.15) is 24.2 Å². The zero-order valence-electron chi connectivity index (χ0n) is 12.9. The largest absolute Gasteiger partial charge is 0.340 e. The van der Waals surface area contributed by atoms with Crippen LogP contribution in [-0.2, 0) is 11.8 Å². The summed E-state index contributed by atoms with van der Waals surface area (Å²) in [5.74, 6) is -0.558. The molecule has 6 heteroatoms. The van der Waals surface area contributed by atoms with E-state index in [1.807, 2.05) is 19.9 Å². The van der Waals surface area contributed by atoms with Gasteiger partial charge in [-0.05, 0) is 18.1 Å². The van der Waals surface area contributed by atoms with Crippen molar-refractivity contribution in [1.82, 2.24) is 15.1 Å². The number of hydrogen-bond acceptors (Lipinski definition) is 3. The van der Waals surface area contributed by atoms with Gasteiger partial charge in [-0.15, -0.1) is 0 Å². The van der Waals surface area contributed by atoms with E-state index < -0.39 is 6.04 Å². The first-order valence-corrected chi connectivity index (χ1v) is 7.13. The fraction of sp³-hybridized carbons (Fsp3) is 0.312. The van der Waals surface area contributed by atoms with Crippen molar-refractivity contribution >= 4 is 17.5 Å². The number of anilines is 1. The third-order valence-corrected chi connectivity index (χ3v) is 3.24. The van der Waals surface area contributed by atoms with Crippen molar-refractivity contribution in [3.05, 3.63) is 48.3 Å². The Morgan fingerprint density at radius 1 is 1.18 bits per heavy atom. The molecule has 0 saturated carbocycles. The van der Waals surface area contributed by atoms with Crippen molar-refractivity contribution in [2.45, 2.75) is 19.9 Å². The summed E-state index contributed by atoms with van der Waals surface area (Å²) >= 11 is 0. The number of carbonyl (C=O) groups is 2. The molecule has 0 saturated heterocycles. The smallest absolute Gasteiger partial charge is 0.251 e. The molecule has 22 heavy (non-hydrogen) atoms. The topological polar surface area (TPSA) is 76.0 Å². The highest BCUT2D eigenvalue weighted by atomic mass is 16.2. The van der Waals surface area contributed by atoms with Gasteiger partial charge in [0.1, 0.15) is 6.04 Å². The SMILES string of the molecule is CC(C)[C@@H](NC(=O)c1ccccc1)C(=O)Nc1cnn(C)c1. The first-order chi connectivity index (χ1) is 10.5. The van der Waals surface area contributed by atoms with Crippen molar-refractivity contribution < 1.29 is 9.59 Å². The molecule has 2 amide bonds. The highest BCUT2D eigenvalue weighted by Crippen LogP contribution is 2.09. The summed E-state index contributed by atoms with van der Waals surface area (Å²) in [6.07, 6.45) is 3.27. The third-order valence-electron chi connectivity index (χ3n) is 3.24. The molecular weight excluding hydrogens is 280 g/mol. The zero-order valence-corrected chi connectivity index (χ0v) is 12.9. The summed E-state index contributed by atoms with van der Waals surface area (Å²) in [6.45, 7) is 3.78. The normalized spacial score (nSPS) is 12.0. The number of benzene rings is 1. The molecule has 1 heterocycles. The van der Waals surface area contributed by atoms with Gasteiger partial charge in [-0.1, -0.05) is 32.0 Å². The molecular formula is C16H20N4O2. The highest BCUT2D eigenvalue weighted by Gasteiger charge is 2.25. The number of aryl methyl sites for hydroxylation is 1. The van der Waals surface area contributed by atoms with Crippen molar-refractivity contribution in [3.8, 4) is 0 Å². The van der Waals surface area contributed by atoms with Gasteiger partial charge in [0.05, 0.1) is 11.9 Å². The maximum atomic E-state index is 12.4. The van der Waals surface area contributed by atoms with Gasteiger partial charge in [-0.3, -0.25) is 14.3 Å². The van der Waals surface area contributed by atoms with E-state index in [2.05, 4.69) is 15.7 Å². The monoisotopic (exact) mass is 300 g/mol. The quantitative estimate of drug-likeness (QED) is 0.884. The van der Waals surface area contributed by atoms with E-state index >= 15 is 0 Å². The van der Waals surface area contributed by atoms with Crippen LogP contribution in [0.5, 0.6) is 0 Å². The van der Waals surface area contributed by atoms with E-state index in [1.165, 1.54) is 0 Å². The lowest BCUT2D eigenvalue weighted by molar-refractivity contribution is -0.118. The first-order valence-electron chi connectivity index (χ1n) is 7.13. The van der Waals surface area contributed by atoms with Gasteiger partial charge < -0.3 is 10.6 Å². The van der Waals surface area contributed by atoms with E-state index in [0.29, 0.717) is 11.3 Å². The minimum Gasteiger partial charge on any atom is -0.340 e. The second-order valence-electron chi connectivity index (χ2n) is 5.45. The van der Waals surface area contributed by atoms with Crippen molar-refractivity contribution in [2.24, 2.45) is 13.0 Å². The molecule has 0 radical (unpaired) electrons. The predicted octanol–water partition coefficient (Wildman–Crippen LogP) is 1.81. The Morgan fingerprint density at radius 2 is 1.86 bits per heavy atom. The van der Waals surface area contributed by atoms with Gasteiger partial charge in [-0.25, -0.2) is 0 Å². The summed E-state index contributed by atoms with van der Waals surface area (Å²) in [6, 6.07) is 8.22. The Kier molecular flexibility index (Phi) is 4.93. The Labute approximate surface area is 129 Å². The predicted molar refractivity (Wildman–Crippen MR) is 84.4 cm³/mol. The van der Waals surface area contributed by atoms with E-state index in [0.717, 1.165) is 0 Å². The summed E-state index contributed by atoms with van der Waals surface area (Å²) in [4.78, 5) is 24.6. The molecule has 2 N–H and O–H groups in total. The Hall–Kier alpha value is -2.63. The first kappa shape index (κ1) is 15.8. The number of nitrogens with one attached hydrogen (secondary N) is 2. The van der Waals surface area contributed by atoms with Crippen LogP contribution < -0.4 is 10.6 Å². The summed E-state index contributed by atoms with van der Waals surface area (Å²) < 4.78 is 1.60. The van der Waals surface area contributed by atoms with Crippen molar-refractivity contribution in [2.75, 3.05) is 5.32 Å². The molecule has 0 aliphatic heterocycles. The summed E-state index contributed by atoms with van der Waals surface area (Å²) in [5.41, 5.74) is 1.13. The molecule has 0 spiro atoms.